The van der Waals surface area contributed by atoms with Crippen LogP contribution in [0.2, 0.25) is 0 Å². The second-order valence-electron chi connectivity index (χ2n) is 15.7. The molecule has 2 heterocycles. The van der Waals surface area contributed by atoms with E-state index in [2.05, 4.69) is 228 Å². The molecule has 3 nitrogen and oxygen atoms in total. The lowest BCUT2D eigenvalue weighted by molar-refractivity contribution is 0.669. The molecule has 0 radical (unpaired) electrons. The van der Waals surface area contributed by atoms with Crippen molar-refractivity contribution in [3.05, 3.63) is 231 Å². The largest absolute Gasteiger partial charge is 0.456 e. The summed E-state index contributed by atoms with van der Waals surface area (Å²) in [5.74, 6) is 0. The van der Waals surface area contributed by atoms with Crippen LogP contribution >= 0.6 is 0 Å². The van der Waals surface area contributed by atoms with Crippen molar-refractivity contribution >= 4 is 71.6 Å². The van der Waals surface area contributed by atoms with Crippen LogP contribution in [-0.2, 0) is 0 Å². The maximum atomic E-state index is 6.18. The fraction of sp³-hybridized carbons (Fsp3) is 0. The third-order valence-corrected chi connectivity index (χ3v) is 12.2. The average molecular weight is 779 g/mol. The Bertz CT molecular complexity index is 3560. The third kappa shape index (κ3) is 5.98. The molecular weight excluding hydrogens is 741 g/mol. The molecule has 0 aliphatic rings. The van der Waals surface area contributed by atoms with E-state index >= 15 is 0 Å². The summed E-state index contributed by atoms with van der Waals surface area (Å²) < 4.78 is 8.59. The highest BCUT2D eigenvalue weighted by Crippen LogP contribution is 2.42. The van der Waals surface area contributed by atoms with Crippen LogP contribution in [-0.4, -0.2) is 4.57 Å². The lowest BCUT2D eigenvalue weighted by atomic mass is 9.98. The summed E-state index contributed by atoms with van der Waals surface area (Å²) in [6.07, 6.45) is 0. The molecule has 0 bridgehead atoms. The number of para-hydroxylation sites is 2. The van der Waals surface area contributed by atoms with Gasteiger partial charge in [-0.3, -0.25) is 0 Å². The quantitative estimate of drug-likeness (QED) is 0.161. The summed E-state index contributed by atoms with van der Waals surface area (Å²) in [4.78, 5) is 2.38. The molecule has 61 heavy (non-hydrogen) atoms. The molecule has 0 spiro atoms. The minimum Gasteiger partial charge on any atom is -0.456 e. The number of furan rings is 1. The van der Waals surface area contributed by atoms with Crippen molar-refractivity contribution in [2.45, 2.75) is 0 Å². The van der Waals surface area contributed by atoms with Crippen LogP contribution in [0.1, 0.15) is 0 Å². The Kier molecular flexibility index (Phi) is 8.17. The van der Waals surface area contributed by atoms with Crippen LogP contribution < -0.4 is 4.90 Å². The first-order valence-electron chi connectivity index (χ1n) is 20.8. The molecule has 0 N–H and O–H groups in total. The average Bonchev–Trinajstić information content (AvgIpc) is 3.87. The van der Waals surface area contributed by atoms with Crippen molar-refractivity contribution in [2.75, 3.05) is 4.90 Å². The zero-order chi connectivity index (χ0) is 40.3. The van der Waals surface area contributed by atoms with Gasteiger partial charge < -0.3 is 13.9 Å². The smallest absolute Gasteiger partial charge is 0.135 e. The van der Waals surface area contributed by atoms with E-state index in [-0.39, 0.29) is 0 Å². The van der Waals surface area contributed by atoms with Gasteiger partial charge in [-0.05, 0) is 123 Å². The number of aromatic nitrogens is 1. The molecule has 0 fully saturated rings. The normalized spacial score (nSPS) is 11.6. The van der Waals surface area contributed by atoms with Crippen LogP contribution in [0.25, 0.3) is 93.6 Å². The number of hydrogen-bond donors (Lipinski definition) is 0. The zero-order valence-corrected chi connectivity index (χ0v) is 33.2. The number of benzene rings is 10. The summed E-state index contributed by atoms with van der Waals surface area (Å²) >= 11 is 0. The molecule has 12 rings (SSSR count). The molecule has 2 aromatic heterocycles. The van der Waals surface area contributed by atoms with E-state index in [1.54, 1.807) is 0 Å². The SMILES string of the molecule is c1ccc(-c2ccc(N(c3ccc(-c4cccc5ccccc45)cc3)c3ccc4c5cc(-c6ccc7oc8ccccc8c7c6)ccc5n(-c5ccccc5)c4c3)cc2)cc1. The molecule has 0 saturated heterocycles. The maximum absolute atomic E-state index is 6.18. The van der Waals surface area contributed by atoms with E-state index < -0.39 is 0 Å². The van der Waals surface area contributed by atoms with Crippen LogP contribution in [0.4, 0.5) is 17.1 Å². The number of nitrogens with zero attached hydrogens (tertiary/aromatic N) is 2. The van der Waals surface area contributed by atoms with Gasteiger partial charge in [0.1, 0.15) is 11.2 Å². The van der Waals surface area contributed by atoms with Gasteiger partial charge in [0.15, 0.2) is 0 Å². The summed E-state index contributed by atoms with van der Waals surface area (Å²) in [5.41, 5.74) is 15.6. The molecule has 10 aromatic carbocycles. The number of anilines is 3. The maximum Gasteiger partial charge on any atom is 0.135 e. The van der Waals surface area contributed by atoms with Gasteiger partial charge in [0.2, 0.25) is 0 Å². The Morgan fingerprint density at radius 1 is 0.311 bits per heavy atom. The minimum absolute atomic E-state index is 0.904. The van der Waals surface area contributed by atoms with E-state index in [1.165, 1.54) is 49.4 Å². The molecule has 3 heteroatoms. The van der Waals surface area contributed by atoms with Gasteiger partial charge in [-0.25, -0.2) is 0 Å². The van der Waals surface area contributed by atoms with Crippen molar-refractivity contribution in [1.29, 1.82) is 0 Å². The molecule has 0 saturated carbocycles. The molecule has 0 amide bonds. The molecule has 0 aliphatic heterocycles. The van der Waals surface area contributed by atoms with Gasteiger partial charge in [-0.2, -0.15) is 0 Å². The number of hydrogen-bond acceptors (Lipinski definition) is 2. The van der Waals surface area contributed by atoms with E-state index in [4.69, 9.17) is 4.42 Å². The van der Waals surface area contributed by atoms with Gasteiger partial charge >= 0.3 is 0 Å². The number of fused-ring (bicyclic) bond motifs is 7. The first-order valence-corrected chi connectivity index (χ1v) is 20.8. The molecule has 0 aliphatic carbocycles. The van der Waals surface area contributed by atoms with Crippen molar-refractivity contribution < 1.29 is 4.42 Å². The lowest BCUT2D eigenvalue weighted by Gasteiger charge is -2.26. The Hall–Kier alpha value is -8.14. The molecule has 12 aromatic rings. The van der Waals surface area contributed by atoms with Crippen molar-refractivity contribution in [1.82, 2.24) is 4.57 Å². The predicted octanol–water partition coefficient (Wildman–Crippen LogP) is 16.3. The Morgan fingerprint density at radius 2 is 0.885 bits per heavy atom. The van der Waals surface area contributed by atoms with Crippen LogP contribution in [0.5, 0.6) is 0 Å². The third-order valence-electron chi connectivity index (χ3n) is 12.2. The second kappa shape index (κ2) is 14.3. The van der Waals surface area contributed by atoms with E-state index in [0.717, 1.165) is 61.3 Å². The summed E-state index contributed by atoms with van der Waals surface area (Å²) in [5, 5.41) is 7.17. The molecule has 0 unspecified atom stereocenters. The van der Waals surface area contributed by atoms with Gasteiger partial charge in [-0.1, -0.05) is 152 Å². The highest BCUT2D eigenvalue weighted by Gasteiger charge is 2.19. The second-order valence-corrected chi connectivity index (χ2v) is 15.7. The fourth-order valence-electron chi connectivity index (χ4n) is 9.24. The summed E-state index contributed by atoms with van der Waals surface area (Å²) in [6, 6.07) is 83.1. The highest BCUT2D eigenvalue weighted by atomic mass is 16.3. The molecule has 0 atom stereocenters. The van der Waals surface area contributed by atoms with Gasteiger partial charge in [-0.15, -0.1) is 0 Å². The Balaban J connectivity index is 1.02. The van der Waals surface area contributed by atoms with Crippen molar-refractivity contribution in [3.63, 3.8) is 0 Å². The van der Waals surface area contributed by atoms with E-state index in [9.17, 15) is 0 Å². The Labute approximate surface area is 353 Å². The highest BCUT2D eigenvalue weighted by molar-refractivity contribution is 6.12. The van der Waals surface area contributed by atoms with Crippen LogP contribution in [0.15, 0.2) is 235 Å². The van der Waals surface area contributed by atoms with Crippen LogP contribution in [0, 0.1) is 0 Å². The van der Waals surface area contributed by atoms with E-state index in [1.807, 2.05) is 12.1 Å². The summed E-state index contributed by atoms with van der Waals surface area (Å²) in [6.45, 7) is 0. The number of rotatable bonds is 7. The van der Waals surface area contributed by atoms with Gasteiger partial charge in [0, 0.05) is 44.3 Å². The van der Waals surface area contributed by atoms with Gasteiger partial charge in [0.05, 0.1) is 11.0 Å². The van der Waals surface area contributed by atoms with Gasteiger partial charge in [0.25, 0.3) is 0 Å². The van der Waals surface area contributed by atoms with E-state index in [0.29, 0.717) is 0 Å². The monoisotopic (exact) mass is 778 g/mol. The first-order chi connectivity index (χ1) is 30.2. The Morgan fingerprint density at radius 3 is 1.67 bits per heavy atom. The summed E-state index contributed by atoms with van der Waals surface area (Å²) in [7, 11) is 0. The zero-order valence-electron chi connectivity index (χ0n) is 33.2. The van der Waals surface area contributed by atoms with Crippen molar-refractivity contribution in [2.24, 2.45) is 0 Å². The van der Waals surface area contributed by atoms with Crippen LogP contribution in [0.3, 0.4) is 0 Å². The fourth-order valence-corrected chi connectivity index (χ4v) is 9.24. The predicted molar refractivity (Wildman–Crippen MR) is 257 cm³/mol. The minimum atomic E-state index is 0.904. The molecular formula is C58H38N2O. The standard InChI is InChI=1S/C58H38N2O/c1-3-12-39(13-4-1)40-22-28-46(29-23-40)59(47-30-24-42(25-31-47)50-20-11-15-41-14-7-8-18-49(41)50)48-32-33-51-53-36-43(26-34-55(53)60(56(51)38-48)45-16-5-2-6-17-45)44-27-35-58-54(37-44)52-19-9-10-21-57(52)61-58/h1-38H. The topological polar surface area (TPSA) is 21.3 Å². The van der Waals surface area contributed by atoms with Crippen molar-refractivity contribution in [3.8, 4) is 39.1 Å². The first kappa shape index (κ1) is 34.9. The molecule has 286 valence electrons. The lowest BCUT2D eigenvalue weighted by Crippen LogP contribution is -2.10.